The van der Waals surface area contributed by atoms with Gasteiger partial charge >= 0.3 is 0 Å². The van der Waals surface area contributed by atoms with Gasteiger partial charge in [0.1, 0.15) is 5.82 Å². The third-order valence-corrected chi connectivity index (χ3v) is 4.33. The third-order valence-electron chi connectivity index (χ3n) is 4.10. The standard InChI is InChI=1S/C17H17ClFN/c1-20-17(15-9-12(18)7-8-16(15)19)14-10-13(14)11-5-3-2-4-6-11/h2-9,13-14,17,20H,10H2,1H3. The van der Waals surface area contributed by atoms with E-state index in [0.717, 1.165) is 6.42 Å². The summed E-state index contributed by atoms with van der Waals surface area (Å²) < 4.78 is 14.0. The van der Waals surface area contributed by atoms with E-state index in [-0.39, 0.29) is 11.9 Å². The molecule has 0 radical (unpaired) electrons. The highest BCUT2D eigenvalue weighted by Crippen LogP contribution is 2.54. The number of halogens is 2. The zero-order chi connectivity index (χ0) is 14.1. The van der Waals surface area contributed by atoms with Gasteiger partial charge in [-0.1, -0.05) is 41.9 Å². The molecule has 0 bridgehead atoms. The lowest BCUT2D eigenvalue weighted by Gasteiger charge is -2.18. The first-order valence-electron chi connectivity index (χ1n) is 6.88. The molecule has 3 heteroatoms. The minimum atomic E-state index is -0.188. The molecule has 1 aliphatic carbocycles. The van der Waals surface area contributed by atoms with Gasteiger partial charge in [-0.05, 0) is 49.1 Å². The summed E-state index contributed by atoms with van der Waals surface area (Å²) in [6.45, 7) is 0. The van der Waals surface area contributed by atoms with Gasteiger partial charge in [0.05, 0.1) is 0 Å². The minimum absolute atomic E-state index is 0.0129. The van der Waals surface area contributed by atoms with Crippen LogP contribution in [0.5, 0.6) is 0 Å². The molecule has 1 saturated carbocycles. The number of hydrogen-bond donors (Lipinski definition) is 1. The summed E-state index contributed by atoms with van der Waals surface area (Å²) in [5.41, 5.74) is 2.00. The second-order valence-electron chi connectivity index (χ2n) is 5.35. The summed E-state index contributed by atoms with van der Waals surface area (Å²) in [6.07, 6.45) is 1.08. The van der Waals surface area contributed by atoms with Gasteiger partial charge in [-0.3, -0.25) is 0 Å². The minimum Gasteiger partial charge on any atom is -0.313 e. The molecule has 0 spiro atoms. The van der Waals surface area contributed by atoms with Crippen molar-refractivity contribution in [1.82, 2.24) is 5.32 Å². The van der Waals surface area contributed by atoms with Gasteiger partial charge < -0.3 is 5.32 Å². The van der Waals surface area contributed by atoms with Crippen LogP contribution in [0, 0.1) is 11.7 Å². The monoisotopic (exact) mass is 289 g/mol. The quantitative estimate of drug-likeness (QED) is 0.871. The SMILES string of the molecule is CNC(c1cc(Cl)ccc1F)C1CC1c1ccccc1. The first-order chi connectivity index (χ1) is 9.70. The van der Waals surface area contributed by atoms with Crippen LogP contribution in [0.3, 0.4) is 0 Å². The summed E-state index contributed by atoms with van der Waals surface area (Å²) in [5, 5.41) is 3.83. The van der Waals surface area contributed by atoms with E-state index in [1.807, 2.05) is 13.1 Å². The Kier molecular flexibility index (Phi) is 3.77. The largest absolute Gasteiger partial charge is 0.313 e. The number of nitrogens with one attached hydrogen (secondary N) is 1. The Labute approximate surface area is 123 Å². The summed E-state index contributed by atoms with van der Waals surface area (Å²) in [7, 11) is 1.88. The van der Waals surface area contributed by atoms with Crippen LogP contribution in [0.1, 0.15) is 29.5 Å². The Bertz CT molecular complexity index is 599. The molecular formula is C17H17ClFN. The predicted molar refractivity (Wildman–Crippen MR) is 80.5 cm³/mol. The molecule has 0 aromatic heterocycles. The zero-order valence-electron chi connectivity index (χ0n) is 11.3. The molecule has 0 saturated heterocycles. The van der Waals surface area contributed by atoms with Crippen molar-refractivity contribution in [2.45, 2.75) is 18.4 Å². The van der Waals surface area contributed by atoms with Crippen LogP contribution < -0.4 is 5.32 Å². The van der Waals surface area contributed by atoms with Crippen LogP contribution >= 0.6 is 11.6 Å². The molecule has 104 valence electrons. The Morgan fingerprint density at radius 2 is 1.95 bits per heavy atom. The van der Waals surface area contributed by atoms with Crippen LogP contribution in [0.25, 0.3) is 0 Å². The highest BCUT2D eigenvalue weighted by Gasteiger charge is 2.44. The van der Waals surface area contributed by atoms with Crippen LogP contribution in [0.4, 0.5) is 4.39 Å². The molecule has 2 aromatic carbocycles. The van der Waals surface area contributed by atoms with E-state index in [1.54, 1.807) is 12.1 Å². The van der Waals surface area contributed by atoms with Gasteiger partial charge in [0.2, 0.25) is 0 Å². The van der Waals surface area contributed by atoms with Crippen LogP contribution in [0.2, 0.25) is 5.02 Å². The second-order valence-corrected chi connectivity index (χ2v) is 5.79. The Balaban J connectivity index is 1.84. The fourth-order valence-corrected chi connectivity index (χ4v) is 3.20. The van der Waals surface area contributed by atoms with Crippen molar-refractivity contribution in [1.29, 1.82) is 0 Å². The molecule has 1 fully saturated rings. The first-order valence-corrected chi connectivity index (χ1v) is 7.25. The predicted octanol–water partition coefficient (Wildman–Crippen LogP) is 4.54. The zero-order valence-corrected chi connectivity index (χ0v) is 12.1. The Hall–Kier alpha value is -1.38. The van der Waals surface area contributed by atoms with Gasteiger partial charge in [-0.2, -0.15) is 0 Å². The van der Waals surface area contributed by atoms with Gasteiger partial charge in [0.25, 0.3) is 0 Å². The van der Waals surface area contributed by atoms with Crippen molar-refractivity contribution in [3.8, 4) is 0 Å². The summed E-state index contributed by atoms with van der Waals surface area (Å²) in [5.74, 6) is 0.745. The van der Waals surface area contributed by atoms with E-state index in [1.165, 1.54) is 11.6 Å². The van der Waals surface area contributed by atoms with E-state index in [2.05, 4.69) is 29.6 Å². The number of benzene rings is 2. The molecule has 1 aliphatic rings. The van der Waals surface area contributed by atoms with Crippen molar-refractivity contribution in [2.24, 2.45) is 5.92 Å². The lowest BCUT2D eigenvalue weighted by atomic mass is 9.98. The first kappa shape index (κ1) is 13.6. The number of hydrogen-bond acceptors (Lipinski definition) is 1. The molecule has 20 heavy (non-hydrogen) atoms. The normalized spacial score (nSPS) is 22.6. The molecule has 0 aliphatic heterocycles. The fourth-order valence-electron chi connectivity index (χ4n) is 3.02. The third kappa shape index (κ3) is 2.58. The topological polar surface area (TPSA) is 12.0 Å². The maximum absolute atomic E-state index is 14.0. The summed E-state index contributed by atoms with van der Waals surface area (Å²) >= 11 is 6.00. The summed E-state index contributed by atoms with van der Waals surface area (Å²) in [6, 6.07) is 15.2. The highest BCUT2D eigenvalue weighted by molar-refractivity contribution is 6.30. The van der Waals surface area contributed by atoms with Crippen molar-refractivity contribution < 1.29 is 4.39 Å². The lowest BCUT2D eigenvalue weighted by molar-refractivity contribution is 0.485. The molecule has 1 N–H and O–H groups in total. The average molecular weight is 290 g/mol. The molecule has 2 aromatic rings. The van der Waals surface area contributed by atoms with E-state index < -0.39 is 0 Å². The van der Waals surface area contributed by atoms with Gasteiger partial charge in [-0.15, -0.1) is 0 Å². The molecule has 3 unspecified atom stereocenters. The fraction of sp³-hybridized carbons (Fsp3) is 0.294. The molecule has 0 amide bonds. The Morgan fingerprint density at radius 3 is 2.65 bits per heavy atom. The molecule has 1 nitrogen and oxygen atoms in total. The van der Waals surface area contributed by atoms with E-state index in [9.17, 15) is 4.39 Å². The van der Waals surface area contributed by atoms with Gasteiger partial charge in [-0.25, -0.2) is 4.39 Å². The average Bonchev–Trinajstić information content (AvgIpc) is 3.25. The van der Waals surface area contributed by atoms with Crippen molar-refractivity contribution in [2.75, 3.05) is 7.05 Å². The molecule has 3 atom stereocenters. The smallest absolute Gasteiger partial charge is 0.128 e. The molecular weight excluding hydrogens is 273 g/mol. The number of rotatable bonds is 4. The van der Waals surface area contributed by atoms with Crippen molar-refractivity contribution >= 4 is 11.6 Å². The molecule has 0 heterocycles. The van der Waals surface area contributed by atoms with Crippen molar-refractivity contribution in [3.05, 3.63) is 70.5 Å². The van der Waals surface area contributed by atoms with Gasteiger partial charge in [0.15, 0.2) is 0 Å². The van der Waals surface area contributed by atoms with E-state index in [0.29, 0.717) is 22.4 Å². The van der Waals surface area contributed by atoms with Crippen LogP contribution in [-0.4, -0.2) is 7.05 Å². The van der Waals surface area contributed by atoms with Crippen LogP contribution in [-0.2, 0) is 0 Å². The van der Waals surface area contributed by atoms with Gasteiger partial charge in [0, 0.05) is 16.6 Å². The van der Waals surface area contributed by atoms with E-state index >= 15 is 0 Å². The molecule has 3 rings (SSSR count). The maximum Gasteiger partial charge on any atom is 0.128 e. The Morgan fingerprint density at radius 1 is 1.20 bits per heavy atom. The summed E-state index contributed by atoms with van der Waals surface area (Å²) in [4.78, 5) is 0. The van der Waals surface area contributed by atoms with Crippen molar-refractivity contribution in [3.63, 3.8) is 0 Å². The van der Waals surface area contributed by atoms with Crippen LogP contribution in [0.15, 0.2) is 48.5 Å². The maximum atomic E-state index is 14.0. The van der Waals surface area contributed by atoms with E-state index in [4.69, 9.17) is 11.6 Å². The highest BCUT2D eigenvalue weighted by atomic mass is 35.5. The lowest BCUT2D eigenvalue weighted by Crippen LogP contribution is -2.20. The second kappa shape index (κ2) is 5.55.